The Kier molecular flexibility index (Phi) is 7.04. The molecule has 0 saturated carbocycles. The molecule has 0 bridgehead atoms. The molecule has 2 nitrogen and oxygen atoms in total. The number of hydrogen-bond donors (Lipinski definition) is 0. The molecule has 0 amide bonds. The van der Waals surface area contributed by atoms with Crippen LogP contribution in [-0.2, 0) is 0 Å². The van der Waals surface area contributed by atoms with Crippen LogP contribution >= 0.6 is 11.8 Å². The molecule has 0 N–H and O–H groups in total. The molecule has 5 aromatic carbocycles. The Hall–Kier alpha value is -5.77. The van der Waals surface area contributed by atoms with Gasteiger partial charge in [0.2, 0.25) is 0 Å². The van der Waals surface area contributed by atoms with Gasteiger partial charge in [0.1, 0.15) is 22.2 Å². The zero-order valence-electron chi connectivity index (χ0n) is 28.1. The largest absolute Gasteiger partial charge is 0.457 e. The molecule has 51 heavy (non-hydrogen) atoms. The quantitative estimate of drug-likeness (QED) is 0.187. The Bertz CT molecular complexity index is 2950. The topological polar surface area (TPSA) is 26.3 Å². The van der Waals surface area contributed by atoms with Crippen molar-refractivity contribution in [3.63, 3.8) is 0 Å². The van der Waals surface area contributed by atoms with Crippen molar-refractivity contribution in [3.8, 4) is 0 Å². The molecule has 3 heteroatoms. The number of para-hydroxylation sites is 2. The summed E-state index contributed by atoms with van der Waals surface area (Å²) >= 11 is 1.99. The SMILES string of the molecule is C=C(/C=c1\c(=C)oc2ccccc12)C1=c2\cccc\c2=C(C2=Cc3c(ccc4c3oc3ccccc34)C3c4ccccc4SC23)\C=C\CC\C=C\1. The van der Waals surface area contributed by atoms with E-state index in [2.05, 4.69) is 141 Å². The molecule has 244 valence electrons. The highest BCUT2D eigenvalue weighted by Gasteiger charge is 2.41. The van der Waals surface area contributed by atoms with Crippen LogP contribution in [0.15, 0.2) is 165 Å². The zero-order valence-corrected chi connectivity index (χ0v) is 28.9. The number of hydrogen-bond acceptors (Lipinski definition) is 3. The summed E-state index contributed by atoms with van der Waals surface area (Å²) in [5, 5.41) is 6.89. The fraction of sp³-hybridized carbons (Fsp3) is 0.0833. The predicted molar refractivity (Wildman–Crippen MR) is 214 cm³/mol. The van der Waals surface area contributed by atoms with Crippen molar-refractivity contribution in [3.05, 3.63) is 189 Å². The summed E-state index contributed by atoms with van der Waals surface area (Å²) in [7, 11) is 0. The fourth-order valence-corrected chi connectivity index (χ4v) is 9.80. The highest BCUT2D eigenvalue weighted by Crippen LogP contribution is 2.57. The molecule has 7 aromatic rings. The van der Waals surface area contributed by atoms with Crippen LogP contribution in [0.5, 0.6) is 0 Å². The van der Waals surface area contributed by atoms with Gasteiger partial charge in [0.25, 0.3) is 0 Å². The maximum absolute atomic E-state index is 6.69. The summed E-state index contributed by atoms with van der Waals surface area (Å²) in [6.07, 6.45) is 15.7. The van der Waals surface area contributed by atoms with Gasteiger partial charge in [0, 0.05) is 43.0 Å². The van der Waals surface area contributed by atoms with Crippen molar-refractivity contribution in [1.29, 1.82) is 0 Å². The van der Waals surface area contributed by atoms with Crippen molar-refractivity contribution >= 4 is 74.5 Å². The summed E-state index contributed by atoms with van der Waals surface area (Å²) in [4.78, 5) is 1.35. The summed E-state index contributed by atoms with van der Waals surface area (Å²) in [5.74, 6) is 0.207. The van der Waals surface area contributed by atoms with E-state index in [9.17, 15) is 0 Å². The molecule has 0 fully saturated rings. The Morgan fingerprint density at radius 2 is 1.39 bits per heavy atom. The van der Waals surface area contributed by atoms with Crippen LogP contribution in [0.25, 0.3) is 62.8 Å². The Labute approximate surface area is 300 Å². The summed E-state index contributed by atoms with van der Waals surface area (Å²) < 4.78 is 12.7. The molecular weight excluding hydrogens is 641 g/mol. The molecule has 0 radical (unpaired) electrons. The Balaban J connectivity index is 1.28. The van der Waals surface area contributed by atoms with E-state index in [4.69, 9.17) is 8.83 Å². The lowest BCUT2D eigenvalue weighted by atomic mass is 9.76. The van der Waals surface area contributed by atoms with Gasteiger partial charge in [-0.3, -0.25) is 0 Å². The van der Waals surface area contributed by atoms with Crippen LogP contribution in [0, 0.1) is 0 Å². The second-order valence-electron chi connectivity index (χ2n) is 13.6. The van der Waals surface area contributed by atoms with Crippen molar-refractivity contribution in [2.75, 3.05) is 0 Å². The molecule has 2 atom stereocenters. The van der Waals surface area contributed by atoms with Crippen LogP contribution in [-0.4, -0.2) is 5.25 Å². The Morgan fingerprint density at radius 3 is 2.25 bits per heavy atom. The summed E-state index contributed by atoms with van der Waals surface area (Å²) in [5.41, 5.74) is 11.9. The van der Waals surface area contributed by atoms with Gasteiger partial charge in [-0.2, -0.15) is 0 Å². The van der Waals surface area contributed by atoms with Crippen molar-refractivity contribution in [2.24, 2.45) is 0 Å². The minimum atomic E-state index is 0.207. The van der Waals surface area contributed by atoms with Crippen LogP contribution in [0.3, 0.4) is 0 Å². The minimum Gasteiger partial charge on any atom is -0.457 e. The molecule has 10 rings (SSSR count). The number of fused-ring (bicyclic) bond motifs is 11. The lowest BCUT2D eigenvalue weighted by Crippen LogP contribution is -2.32. The fourth-order valence-electron chi connectivity index (χ4n) is 8.29. The molecule has 3 aliphatic rings. The normalized spacial score (nSPS) is 21.9. The van der Waals surface area contributed by atoms with Gasteiger partial charge >= 0.3 is 0 Å². The number of benzene rings is 5. The maximum Gasteiger partial charge on any atom is 0.142 e. The van der Waals surface area contributed by atoms with E-state index in [1.807, 2.05) is 30.0 Å². The lowest BCUT2D eigenvalue weighted by Gasteiger charge is -2.30. The molecule has 2 aliphatic carbocycles. The van der Waals surface area contributed by atoms with Gasteiger partial charge in [-0.05, 0) is 87.0 Å². The predicted octanol–water partition coefficient (Wildman–Crippen LogP) is 9.69. The second kappa shape index (κ2) is 11.9. The van der Waals surface area contributed by atoms with Gasteiger partial charge in [0.15, 0.2) is 0 Å². The van der Waals surface area contributed by atoms with E-state index in [1.165, 1.54) is 38.0 Å². The second-order valence-corrected chi connectivity index (χ2v) is 14.7. The van der Waals surface area contributed by atoms with Crippen LogP contribution in [0.1, 0.15) is 35.4 Å². The Morgan fingerprint density at radius 1 is 0.686 bits per heavy atom. The van der Waals surface area contributed by atoms with E-state index in [0.717, 1.165) is 67.3 Å². The van der Waals surface area contributed by atoms with Gasteiger partial charge < -0.3 is 8.83 Å². The van der Waals surface area contributed by atoms with Crippen molar-refractivity contribution in [2.45, 2.75) is 28.9 Å². The number of rotatable bonds is 3. The molecule has 2 aromatic heterocycles. The molecular formula is C48H34O2S. The summed E-state index contributed by atoms with van der Waals surface area (Å²) in [6.45, 7) is 8.90. The van der Waals surface area contributed by atoms with Gasteiger partial charge in [-0.25, -0.2) is 0 Å². The molecule has 0 saturated heterocycles. The smallest absolute Gasteiger partial charge is 0.142 e. The first-order valence-corrected chi connectivity index (χ1v) is 18.5. The molecule has 2 unspecified atom stereocenters. The number of allylic oxidation sites excluding steroid dienone is 5. The maximum atomic E-state index is 6.69. The van der Waals surface area contributed by atoms with Crippen molar-refractivity contribution < 1.29 is 8.83 Å². The third-order valence-corrected chi connectivity index (χ3v) is 12.0. The first-order valence-electron chi connectivity index (χ1n) is 17.6. The number of furan rings is 2. The summed E-state index contributed by atoms with van der Waals surface area (Å²) in [6, 6.07) is 38.9. The van der Waals surface area contributed by atoms with Crippen LogP contribution in [0.4, 0.5) is 0 Å². The average molecular weight is 675 g/mol. The van der Waals surface area contributed by atoms with Crippen LogP contribution < -0.4 is 21.1 Å². The molecule has 0 spiro atoms. The van der Waals surface area contributed by atoms with E-state index in [-0.39, 0.29) is 11.2 Å². The standard InChI is InChI=1S/C48H34O2S/c1-29(27-40-30(2)49-43-22-12-10-20-36(40)43)31-15-5-3-4-6-16-34(33-18-8-7-17-32(31)33)42-28-41-37(46-39-21-11-14-24-45(39)51-48(42)46)25-26-38-35-19-9-13-23-44(35)50-47(38)41/h5-28,46,48H,1-4H2/b15-5+,16-6+,32-31+,34-33+,40-27+. The van der Waals surface area contributed by atoms with Gasteiger partial charge in [-0.15, -0.1) is 11.8 Å². The van der Waals surface area contributed by atoms with Gasteiger partial charge in [-0.1, -0.05) is 128 Å². The zero-order chi connectivity index (χ0) is 34.1. The first-order chi connectivity index (χ1) is 25.1. The van der Waals surface area contributed by atoms with E-state index >= 15 is 0 Å². The molecule has 3 heterocycles. The van der Waals surface area contributed by atoms with Crippen LogP contribution in [0.2, 0.25) is 0 Å². The van der Waals surface area contributed by atoms with E-state index in [0.29, 0.717) is 5.42 Å². The van der Waals surface area contributed by atoms with Gasteiger partial charge in [0.05, 0.1) is 0 Å². The third kappa shape index (κ3) is 4.80. The van der Waals surface area contributed by atoms with E-state index in [1.54, 1.807) is 0 Å². The minimum absolute atomic E-state index is 0.207. The highest BCUT2D eigenvalue weighted by molar-refractivity contribution is 8.00. The average Bonchev–Trinajstić information content (AvgIpc) is 3.84. The molecule has 1 aliphatic heterocycles. The monoisotopic (exact) mass is 674 g/mol. The third-order valence-electron chi connectivity index (χ3n) is 10.6. The van der Waals surface area contributed by atoms with E-state index < -0.39 is 0 Å². The first kappa shape index (κ1) is 30.1. The highest BCUT2D eigenvalue weighted by atomic mass is 32.2. The lowest BCUT2D eigenvalue weighted by molar-refractivity contribution is 0.577. The van der Waals surface area contributed by atoms with Crippen molar-refractivity contribution in [1.82, 2.24) is 0 Å². The number of thioether (sulfide) groups is 1.